The SMILES string of the molecule is O=C(CN1C(=O)S/C(=C/c2ccccc2Br)C1=O)c1ccccc1. The number of hydrogen-bond donors (Lipinski definition) is 0. The van der Waals surface area contributed by atoms with Crippen LogP contribution in [-0.4, -0.2) is 28.4 Å². The van der Waals surface area contributed by atoms with E-state index in [1.165, 1.54) is 0 Å². The number of ketones is 1. The third-order valence-electron chi connectivity index (χ3n) is 3.46. The molecule has 0 radical (unpaired) electrons. The van der Waals surface area contributed by atoms with Gasteiger partial charge in [-0.1, -0.05) is 64.5 Å². The Bertz CT molecular complexity index is 848. The molecule has 0 saturated carbocycles. The minimum Gasteiger partial charge on any atom is -0.292 e. The van der Waals surface area contributed by atoms with Gasteiger partial charge in [-0.15, -0.1) is 0 Å². The van der Waals surface area contributed by atoms with Crippen molar-refractivity contribution in [3.63, 3.8) is 0 Å². The quantitative estimate of drug-likeness (QED) is 0.563. The summed E-state index contributed by atoms with van der Waals surface area (Å²) in [5.74, 6) is -0.704. The van der Waals surface area contributed by atoms with E-state index in [1.807, 2.05) is 24.3 Å². The third kappa shape index (κ3) is 3.49. The van der Waals surface area contributed by atoms with Gasteiger partial charge in [0.25, 0.3) is 11.1 Å². The summed E-state index contributed by atoms with van der Waals surface area (Å²) in [6.07, 6.45) is 1.65. The van der Waals surface area contributed by atoms with Crippen LogP contribution in [0, 0.1) is 0 Å². The standard InChI is InChI=1S/C18H12BrNO3S/c19-14-9-5-4-8-13(14)10-16-17(22)20(18(23)24-16)11-15(21)12-6-2-1-3-7-12/h1-10H,11H2/b16-10+. The number of benzene rings is 2. The number of rotatable bonds is 4. The van der Waals surface area contributed by atoms with Crippen LogP contribution in [0.3, 0.4) is 0 Å². The van der Waals surface area contributed by atoms with Crippen molar-refractivity contribution >= 4 is 50.7 Å². The minimum absolute atomic E-state index is 0.248. The number of halogens is 1. The molecule has 1 aliphatic rings. The first kappa shape index (κ1) is 16.7. The monoisotopic (exact) mass is 401 g/mol. The number of Topliss-reactive ketones (excluding diaryl/α,β-unsaturated/α-hetero) is 1. The molecule has 1 aliphatic heterocycles. The van der Waals surface area contributed by atoms with Crippen LogP contribution in [0.5, 0.6) is 0 Å². The first-order valence-electron chi connectivity index (χ1n) is 7.14. The van der Waals surface area contributed by atoms with Crippen molar-refractivity contribution < 1.29 is 14.4 Å². The maximum atomic E-state index is 12.4. The highest BCUT2D eigenvalue weighted by molar-refractivity contribution is 9.10. The van der Waals surface area contributed by atoms with E-state index in [1.54, 1.807) is 36.4 Å². The highest BCUT2D eigenvalue weighted by Crippen LogP contribution is 2.33. The highest BCUT2D eigenvalue weighted by atomic mass is 79.9. The predicted molar refractivity (Wildman–Crippen MR) is 97.6 cm³/mol. The fourth-order valence-electron chi connectivity index (χ4n) is 2.23. The molecule has 3 rings (SSSR count). The van der Waals surface area contributed by atoms with Gasteiger partial charge in [-0.2, -0.15) is 0 Å². The molecule has 1 saturated heterocycles. The Morgan fingerprint density at radius 1 is 1.04 bits per heavy atom. The summed E-state index contributed by atoms with van der Waals surface area (Å²) in [6.45, 7) is -0.248. The van der Waals surface area contributed by atoms with Crippen LogP contribution in [0.4, 0.5) is 4.79 Å². The molecular weight excluding hydrogens is 390 g/mol. The Morgan fingerprint density at radius 3 is 2.42 bits per heavy atom. The molecule has 6 heteroatoms. The van der Waals surface area contributed by atoms with Crippen LogP contribution < -0.4 is 0 Å². The number of nitrogens with zero attached hydrogens (tertiary/aromatic N) is 1. The molecule has 120 valence electrons. The molecule has 2 aromatic rings. The van der Waals surface area contributed by atoms with E-state index in [0.717, 1.165) is 26.7 Å². The van der Waals surface area contributed by atoms with E-state index >= 15 is 0 Å². The van der Waals surface area contributed by atoms with Gasteiger partial charge in [-0.25, -0.2) is 0 Å². The molecule has 0 N–H and O–H groups in total. The lowest BCUT2D eigenvalue weighted by Gasteiger charge is -2.11. The van der Waals surface area contributed by atoms with Gasteiger partial charge in [0.2, 0.25) is 0 Å². The van der Waals surface area contributed by atoms with E-state index in [4.69, 9.17) is 0 Å². The Morgan fingerprint density at radius 2 is 1.71 bits per heavy atom. The lowest BCUT2D eigenvalue weighted by molar-refractivity contribution is -0.122. The molecule has 0 spiro atoms. The lowest BCUT2D eigenvalue weighted by atomic mass is 10.1. The molecule has 2 aromatic carbocycles. The predicted octanol–water partition coefficient (Wildman–Crippen LogP) is 4.37. The van der Waals surface area contributed by atoms with Gasteiger partial charge in [0, 0.05) is 10.0 Å². The smallest absolute Gasteiger partial charge is 0.292 e. The zero-order valence-electron chi connectivity index (χ0n) is 12.4. The van der Waals surface area contributed by atoms with Gasteiger partial charge >= 0.3 is 0 Å². The zero-order chi connectivity index (χ0) is 17.1. The number of carbonyl (C=O) groups is 3. The molecular formula is C18H12BrNO3S. The molecule has 24 heavy (non-hydrogen) atoms. The van der Waals surface area contributed by atoms with Crippen LogP contribution in [0.2, 0.25) is 0 Å². The summed E-state index contributed by atoms with van der Waals surface area (Å²) in [5, 5.41) is -0.428. The zero-order valence-corrected chi connectivity index (χ0v) is 14.8. The van der Waals surface area contributed by atoms with Crippen molar-refractivity contribution in [3.8, 4) is 0 Å². The summed E-state index contributed by atoms with van der Waals surface area (Å²) >= 11 is 4.25. The average molecular weight is 402 g/mol. The average Bonchev–Trinajstić information content (AvgIpc) is 2.85. The van der Waals surface area contributed by atoms with E-state index in [9.17, 15) is 14.4 Å². The van der Waals surface area contributed by atoms with Crippen molar-refractivity contribution in [2.45, 2.75) is 0 Å². The van der Waals surface area contributed by atoms with Crippen LogP contribution >= 0.6 is 27.7 Å². The van der Waals surface area contributed by atoms with Crippen LogP contribution in [0.15, 0.2) is 64.0 Å². The Hall–Kier alpha value is -2.18. The van der Waals surface area contributed by atoms with Crippen LogP contribution in [-0.2, 0) is 4.79 Å². The summed E-state index contributed by atoms with van der Waals surface area (Å²) < 4.78 is 0.831. The van der Waals surface area contributed by atoms with Crippen LogP contribution in [0.1, 0.15) is 15.9 Å². The van der Waals surface area contributed by atoms with Crippen molar-refractivity contribution in [3.05, 3.63) is 75.1 Å². The number of carbonyl (C=O) groups excluding carboxylic acids is 3. The second kappa shape index (κ2) is 7.15. The van der Waals surface area contributed by atoms with E-state index in [0.29, 0.717) is 10.5 Å². The van der Waals surface area contributed by atoms with Crippen LogP contribution in [0.25, 0.3) is 6.08 Å². The summed E-state index contributed by atoms with van der Waals surface area (Å²) in [5.41, 5.74) is 1.28. The minimum atomic E-state index is -0.440. The second-order valence-corrected chi connectivity index (χ2v) is 6.93. The summed E-state index contributed by atoms with van der Waals surface area (Å²) in [7, 11) is 0. The van der Waals surface area contributed by atoms with Crippen molar-refractivity contribution in [2.24, 2.45) is 0 Å². The summed E-state index contributed by atoms with van der Waals surface area (Å²) in [4.78, 5) is 38.1. The van der Waals surface area contributed by atoms with Crippen molar-refractivity contribution in [1.29, 1.82) is 0 Å². The van der Waals surface area contributed by atoms with Gasteiger partial charge in [0.05, 0.1) is 11.4 Å². The molecule has 0 atom stereocenters. The second-order valence-electron chi connectivity index (χ2n) is 5.08. The Kier molecular flexibility index (Phi) is 4.97. The lowest BCUT2D eigenvalue weighted by Crippen LogP contribution is -2.33. The van der Waals surface area contributed by atoms with Gasteiger partial charge in [0.15, 0.2) is 5.78 Å². The first-order valence-corrected chi connectivity index (χ1v) is 8.75. The highest BCUT2D eigenvalue weighted by Gasteiger charge is 2.36. The van der Waals surface area contributed by atoms with E-state index in [2.05, 4.69) is 15.9 Å². The Balaban J connectivity index is 1.80. The van der Waals surface area contributed by atoms with E-state index < -0.39 is 11.1 Å². The normalized spacial score (nSPS) is 16.0. The number of thioether (sulfide) groups is 1. The van der Waals surface area contributed by atoms with Gasteiger partial charge in [0.1, 0.15) is 0 Å². The first-order chi connectivity index (χ1) is 11.6. The molecule has 4 nitrogen and oxygen atoms in total. The van der Waals surface area contributed by atoms with Gasteiger partial charge in [-0.3, -0.25) is 19.3 Å². The Labute approximate surface area is 151 Å². The molecule has 0 aliphatic carbocycles. The van der Waals surface area contributed by atoms with Gasteiger partial charge < -0.3 is 0 Å². The van der Waals surface area contributed by atoms with E-state index in [-0.39, 0.29) is 12.3 Å². The number of imide groups is 1. The van der Waals surface area contributed by atoms with Gasteiger partial charge in [-0.05, 0) is 29.5 Å². The fourth-order valence-corrected chi connectivity index (χ4v) is 3.46. The number of amides is 2. The molecule has 1 fully saturated rings. The maximum absolute atomic E-state index is 12.4. The molecule has 1 heterocycles. The summed E-state index contributed by atoms with van der Waals surface area (Å²) in [6, 6.07) is 16.0. The fraction of sp³-hybridized carbons (Fsp3) is 0.0556. The topological polar surface area (TPSA) is 54.5 Å². The molecule has 2 amide bonds. The molecule has 0 unspecified atom stereocenters. The third-order valence-corrected chi connectivity index (χ3v) is 5.09. The van der Waals surface area contributed by atoms with Crippen molar-refractivity contribution in [1.82, 2.24) is 4.90 Å². The largest absolute Gasteiger partial charge is 0.293 e. The molecule has 0 aromatic heterocycles. The maximum Gasteiger partial charge on any atom is 0.293 e. The number of hydrogen-bond acceptors (Lipinski definition) is 4. The molecule has 0 bridgehead atoms. The van der Waals surface area contributed by atoms with Crippen molar-refractivity contribution in [2.75, 3.05) is 6.54 Å².